The summed E-state index contributed by atoms with van der Waals surface area (Å²) in [5.74, 6) is 2.58. The third-order valence-electron chi connectivity index (χ3n) is 3.02. The van der Waals surface area contributed by atoms with Gasteiger partial charge in [-0.25, -0.2) is 9.97 Å². The van der Waals surface area contributed by atoms with Crippen molar-refractivity contribution in [3.8, 4) is 17.2 Å². The fraction of sp³-hybridized carbons (Fsp3) is 0.200. The lowest BCUT2D eigenvalue weighted by molar-refractivity contribution is 0.414. The molecule has 0 atom stereocenters. The zero-order valence-corrected chi connectivity index (χ0v) is 11.8. The molecule has 6 nitrogen and oxygen atoms in total. The van der Waals surface area contributed by atoms with Crippen molar-refractivity contribution in [3.63, 3.8) is 0 Å². The van der Waals surface area contributed by atoms with Gasteiger partial charge in [0, 0.05) is 18.8 Å². The number of rotatable bonds is 4. The number of nitrogens with zero attached hydrogens (tertiary/aromatic N) is 4. The van der Waals surface area contributed by atoms with E-state index in [0.29, 0.717) is 29.5 Å². The Balaban J connectivity index is 1.76. The minimum atomic E-state index is 0.429. The van der Waals surface area contributed by atoms with E-state index in [1.54, 1.807) is 19.5 Å². The Hall–Kier alpha value is -2.76. The number of aromatic nitrogens is 4. The van der Waals surface area contributed by atoms with Crippen LogP contribution in [-0.2, 0) is 6.42 Å². The van der Waals surface area contributed by atoms with Crippen molar-refractivity contribution in [2.24, 2.45) is 0 Å². The summed E-state index contributed by atoms with van der Waals surface area (Å²) in [6.07, 6.45) is 3.94. The van der Waals surface area contributed by atoms with Crippen LogP contribution in [-0.4, -0.2) is 27.2 Å². The molecule has 0 aliphatic carbocycles. The van der Waals surface area contributed by atoms with Crippen LogP contribution in [0.2, 0.25) is 0 Å². The van der Waals surface area contributed by atoms with E-state index >= 15 is 0 Å². The Morgan fingerprint density at radius 1 is 1.10 bits per heavy atom. The Bertz CT molecular complexity index is 720. The van der Waals surface area contributed by atoms with Gasteiger partial charge in [-0.15, -0.1) is 0 Å². The van der Waals surface area contributed by atoms with E-state index in [0.717, 1.165) is 11.3 Å². The predicted molar refractivity (Wildman–Crippen MR) is 75.9 cm³/mol. The van der Waals surface area contributed by atoms with Crippen molar-refractivity contribution in [2.75, 3.05) is 7.11 Å². The second-order valence-corrected chi connectivity index (χ2v) is 4.56. The summed E-state index contributed by atoms with van der Waals surface area (Å²) in [4.78, 5) is 12.6. The fourth-order valence-corrected chi connectivity index (χ4v) is 1.87. The van der Waals surface area contributed by atoms with Crippen LogP contribution < -0.4 is 4.74 Å². The van der Waals surface area contributed by atoms with Crippen LogP contribution >= 0.6 is 0 Å². The first kappa shape index (κ1) is 13.2. The summed E-state index contributed by atoms with van der Waals surface area (Å²) < 4.78 is 10.4. The largest absolute Gasteiger partial charge is 0.497 e. The molecule has 2 heterocycles. The topological polar surface area (TPSA) is 73.9 Å². The molecule has 1 aromatic carbocycles. The molecule has 3 rings (SSSR count). The Morgan fingerprint density at radius 2 is 1.81 bits per heavy atom. The molecule has 0 N–H and O–H groups in total. The quantitative estimate of drug-likeness (QED) is 0.731. The highest BCUT2D eigenvalue weighted by Crippen LogP contribution is 2.17. The van der Waals surface area contributed by atoms with Crippen LogP contribution in [0.5, 0.6) is 5.75 Å². The van der Waals surface area contributed by atoms with Gasteiger partial charge in [0.1, 0.15) is 11.6 Å². The minimum absolute atomic E-state index is 0.429. The van der Waals surface area contributed by atoms with E-state index in [2.05, 4.69) is 20.1 Å². The van der Waals surface area contributed by atoms with Gasteiger partial charge in [0.2, 0.25) is 0 Å². The lowest BCUT2D eigenvalue weighted by Gasteiger charge is -2.00. The van der Waals surface area contributed by atoms with E-state index in [9.17, 15) is 0 Å². The molecule has 0 radical (unpaired) electrons. The molecule has 0 spiro atoms. The summed E-state index contributed by atoms with van der Waals surface area (Å²) in [6.45, 7) is 1.83. The van der Waals surface area contributed by atoms with Gasteiger partial charge in [0.25, 0.3) is 5.89 Å². The molecule has 0 aliphatic heterocycles. The van der Waals surface area contributed by atoms with E-state index in [-0.39, 0.29) is 0 Å². The molecule has 2 aromatic heterocycles. The number of methoxy groups -OCH3 is 1. The summed E-state index contributed by atoms with van der Waals surface area (Å²) >= 11 is 0. The third-order valence-corrected chi connectivity index (χ3v) is 3.02. The smallest absolute Gasteiger partial charge is 0.261 e. The molecule has 106 valence electrons. The predicted octanol–water partition coefficient (Wildman–Crippen LogP) is 2.43. The van der Waals surface area contributed by atoms with Crippen molar-refractivity contribution in [1.29, 1.82) is 0 Å². The van der Waals surface area contributed by atoms with Crippen LogP contribution in [0.15, 0.2) is 41.2 Å². The Morgan fingerprint density at radius 3 is 2.48 bits per heavy atom. The molecule has 0 fully saturated rings. The summed E-state index contributed by atoms with van der Waals surface area (Å²) in [5.41, 5.74) is 1.80. The zero-order chi connectivity index (χ0) is 14.7. The highest BCUT2D eigenvalue weighted by atomic mass is 16.5. The Labute approximate surface area is 121 Å². The Kier molecular flexibility index (Phi) is 3.59. The maximum atomic E-state index is 5.24. The molecule has 0 bridgehead atoms. The van der Waals surface area contributed by atoms with Crippen LogP contribution in [0, 0.1) is 6.92 Å². The molecule has 0 unspecified atom stereocenters. The summed E-state index contributed by atoms with van der Waals surface area (Å²) in [5, 5.41) is 3.98. The van der Waals surface area contributed by atoms with Crippen molar-refractivity contribution >= 4 is 0 Å². The normalized spacial score (nSPS) is 10.6. The van der Waals surface area contributed by atoms with Gasteiger partial charge in [-0.3, -0.25) is 0 Å². The van der Waals surface area contributed by atoms with Gasteiger partial charge >= 0.3 is 0 Å². The maximum Gasteiger partial charge on any atom is 0.261 e. The van der Waals surface area contributed by atoms with Gasteiger partial charge in [0.05, 0.1) is 12.7 Å². The van der Waals surface area contributed by atoms with E-state index < -0.39 is 0 Å². The zero-order valence-electron chi connectivity index (χ0n) is 11.8. The lowest BCUT2D eigenvalue weighted by atomic mass is 10.1. The van der Waals surface area contributed by atoms with Crippen LogP contribution in [0.1, 0.15) is 17.2 Å². The van der Waals surface area contributed by atoms with Crippen molar-refractivity contribution in [1.82, 2.24) is 20.1 Å². The molecule has 0 aliphatic rings. The number of hydrogen-bond acceptors (Lipinski definition) is 6. The number of hydrogen-bond donors (Lipinski definition) is 0. The van der Waals surface area contributed by atoms with Crippen molar-refractivity contribution in [3.05, 3.63) is 53.9 Å². The van der Waals surface area contributed by atoms with Crippen molar-refractivity contribution in [2.45, 2.75) is 13.3 Å². The standard InChI is InChI=1S/C15H14N4O2/c1-10-16-8-12(9-17-10)15-18-14(19-21-15)7-11-3-5-13(20-2)6-4-11/h3-6,8-9H,7H2,1-2H3. The molecular weight excluding hydrogens is 268 g/mol. The van der Waals surface area contributed by atoms with Crippen LogP contribution in [0.3, 0.4) is 0 Å². The van der Waals surface area contributed by atoms with E-state index in [4.69, 9.17) is 9.26 Å². The van der Waals surface area contributed by atoms with E-state index in [1.165, 1.54) is 0 Å². The molecule has 0 saturated heterocycles. The number of benzene rings is 1. The highest BCUT2D eigenvalue weighted by Gasteiger charge is 2.10. The maximum absolute atomic E-state index is 5.24. The minimum Gasteiger partial charge on any atom is -0.497 e. The van der Waals surface area contributed by atoms with Gasteiger partial charge in [-0.1, -0.05) is 17.3 Å². The molecule has 0 saturated carbocycles. The van der Waals surface area contributed by atoms with Gasteiger partial charge in [-0.2, -0.15) is 4.98 Å². The fourth-order valence-electron chi connectivity index (χ4n) is 1.87. The first-order chi connectivity index (χ1) is 10.2. The average Bonchev–Trinajstić information content (AvgIpc) is 2.97. The average molecular weight is 282 g/mol. The monoisotopic (exact) mass is 282 g/mol. The lowest BCUT2D eigenvalue weighted by Crippen LogP contribution is -1.92. The van der Waals surface area contributed by atoms with Gasteiger partial charge in [0.15, 0.2) is 5.82 Å². The second-order valence-electron chi connectivity index (χ2n) is 4.56. The first-order valence-electron chi connectivity index (χ1n) is 6.49. The molecule has 21 heavy (non-hydrogen) atoms. The third kappa shape index (κ3) is 3.05. The van der Waals surface area contributed by atoms with Crippen molar-refractivity contribution < 1.29 is 9.26 Å². The first-order valence-corrected chi connectivity index (χ1v) is 6.49. The molecular formula is C15H14N4O2. The number of aryl methyl sites for hydroxylation is 1. The number of ether oxygens (including phenoxy) is 1. The molecule has 6 heteroatoms. The van der Waals surface area contributed by atoms with Crippen LogP contribution in [0.4, 0.5) is 0 Å². The summed E-state index contributed by atoms with van der Waals surface area (Å²) in [7, 11) is 1.64. The highest BCUT2D eigenvalue weighted by molar-refractivity contribution is 5.49. The SMILES string of the molecule is COc1ccc(Cc2noc(-c3cnc(C)nc3)n2)cc1. The van der Waals surface area contributed by atoms with E-state index in [1.807, 2.05) is 31.2 Å². The molecule has 3 aromatic rings. The van der Waals surface area contributed by atoms with Gasteiger partial charge < -0.3 is 9.26 Å². The van der Waals surface area contributed by atoms with Crippen LogP contribution in [0.25, 0.3) is 11.5 Å². The second kappa shape index (κ2) is 5.70. The summed E-state index contributed by atoms with van der Waals surface area (Å²) in [6, 6.07) is 7.77. The van der Waals surface area contributed by atoms with Gasteiger partial charge in [-0.05, 0) is 24.6 Å². The molecule has 0 amide bonds.